The van der Waals surface area contributed by atoms with Crippen molar-refractivity contribution in [1.29, 1.82) is 0 Å². The second kappa shape index (κ2) is 8.71. The van der Waals surface area contributed by atoms with Crippen molar-refractivity contribution in [1.82, 2.24) is 24.6 Å². The van der Waals surface area contributed by atoms with E-state index in [-0.39, 0.29) is 11.8 Å². The molecule has 0 amide bonds. The van der Waals surface area contributed by atoms with E-state index >= 15 is 0 Å². The molecule has 0 spiro atoms. The van der Waals surface area contributed by atoms with E-state index in [1.54, 1.807) is 10.7 Å². The van der Waals surface area contributed by atoms with Crippen LogP contribution < -0.4 is 10.5 Å². The molecule has 3 aromatic heterocycles. The summed E-state index contributed by atoms with van der Waals surface area (Å²) < 4.78 is 21.9. The molecule has 4 rings (SSSR count). The zero-order chi connectivity index (χ0) is 20.2. The zero-order valence-electron chi connectivity index (χ0n) is 16.8. The van der Waals surface area contributed by atoms with E-state index in [1.165, 1.54) is 19.3 Å². The molecule has 0 saturated heterocycles. The molecule has 0 aliphatic heterocycles. The highest BCUT2D eigenvalue weighted by Crippen LogP contribution is 2.32. The summed E-state index contributed by atoms with van der Waals surface area (Å²) in [5.41, 5.74) is 8.52. The maximum atomic E-state index is 14.7. The van der Waals surface area contributed by atoms with Crippen molar-refractivity contribution in [3.8, 4) is 6.01 Å². The third kappa shape index (κ3) is 4.31. The predicted molar refractivity (Wildman–Crippen MR) is 108 cm³/mol. The summed E-state index contributed by atoms with van der Waals surface area (Å²) >= 11 is 0. The van der Waals surface area contributed by atoms with Crippen LogP contribution in [0.25, 0.3) is 5.65 Å². The summed E-state index contributed by atoms with van der Waals surface area (Å²) in [6, 6.07) is 3.99. The predicted octanol–water partition coefficient (Wildman–Crippen LogP) is 4.06. The van der Waals surface area contributed by atoms with Gasteiger partial charge < -0.3 is 10.5 Å². The Kier molecular flexibility index (Phi) is 5.87. The number of imidazole rings is 1. The van der Waals surface area contributed by atoms with E-state index in [0.717, 1.165) is 31.4 Å². The number of hydrogen-bond donors (Lipinski definition) is 1. The molecule has 0 bridgehead atoms. The number of rotatable bonds is 7. The summed E-state index contributed by atoms with van der Waals surface area (Å²) in [6.07, 6.45) is 9.72. The molecular formula is C21H27FN6O. The number of hydrogen-bond acceptors (Lipinski definition) is 6. The maximum Gasteiger partial charge on any atom is 0.336 e. The first-order valence-electron chi connectivity index (χ1n) is 10.4. The molecule has 29 heavy (non-hydrogen) atoms. The minimum atomic E-state index is -0.426. The first-order valence-corrected chi connectivity index (χ1v) is 10.4. The highest BCUT2D eigenvalue weighted by atomic mass is 19.1. The second-order valence-electron chi connectivity index (χ2n) is 7.66. The lowest BCUT2D eigenvalue weighted by atomic mass is 9.86. The number of aromatic nitrogens is 5. The summed E-state index contributed by atoms with van der Waals surface area (Å²) in [6.45, 7) is 2.60. The van der Waals surface area contributed by atoms with Gasteiger partial charge in [0.15, 0.2) is 11.5 Å². The van der Waals surface area contributed by atoms with Crippen LogP contribution in [-0.4, -0.2) is 31.2 Å². The number of fused-ring (bicyclic) bond motifs is 1. The van der Waals surface area contributed by atoms with E-state index in [0.29, 0.717) is 35.9 Å². The molecule has 7 nitrogen and oxygen atoms in total. The maximum absolute atomic E-state index is 14.7. The normalized spacial score (nSPS) is 15.1. The van der Waals surface area contributed by atoms with Gasteiger partial charge in [-0.3, -0.25) is 0 Å². The van der Waals surface area contributed by atoms with Crippen LogP contribution >= 0.6 is 0 Å². The van der Waals surface area contributed by atoms with E-state index in [1.807, 2.05) is 12.1 Å². The Morgan fingerprint density at radius 1 is 1.21 bits per heavy atom. The van der Waals surface area contributed by atoms with Crippen LogP contribution in [0.1, 0.15) is 74.7 Å². The summed E-state index contributed by atoms with van der Waals surface area (Å²) in [5.74, 6) is 0.187. The minimum Gasteiger partial charge on any atom is -0.462 e. The second-order valence-corrected chi connectivity index (χ2v) is 7.66. The number of nitrogen functional groups attached to an aromatic ring is 1. The standard InChI is InChI=1S/C21H27FN6O/c1-2-3-11-29-21-26-19(23)20-24-13-16(28(20)27-21)12-15-9-10-17(25-18(15)22)14-7-5-4-6-8-14/h9-10,13-14H,2-8,11-12H2,1H3,(H2,23,26,27). The van der Waals surface area contributed by atoms with Crippen LogP contribution in [0, 0.1) is 5.95 Å². The number of ether oxygens (including phenoxy) is 1. The van der Waals surface area contributed by atoms with Crippen molar-refractivity contribution in [2.75, 3.05) is 12.3 Å². The Balaban J connectivity index is 1.57. The SMILES string of the molecule is CCCCOc1nc(N)c2ncc(Cc3ccc(C4CCCCC4)nc3F)n2n1. The summed E-state index contributed by atoms with van der Waals surface area (Å²) in [7, 11) is 0. The Bertz CT molecular complexity index is 983. The molecular weight excluding hydrogens is 371 g/mol. The van der Waals surface area contributed by atoms with Gasteiger partial charge in [-0.1, -0.05) is 38.7 Å². The number of pyridine rings is 1. The van der Waals surface area contributed by atoms with Crippen LogP contribution in [-0.2, 0) is 6.42 Å². The van der Waals surface area contributed by atoms with Crippen molar-refractivity contribution in [2.24, 2.45) is 0 Å². The van der Waals surface area contributed by atoms with Crippen molar-refractivity contribution >= 4 is 11.5 Å². The number of unbranched alkanes of at least 4 members (excludes halogenated alkanes) is 1. The third-order valence-corrected chi connectivity index (χ3v) is 5.51. The van der Waals surface area contributed by atoms with Crippen molar-refractivity contribution in [2.45, 2.75) is 64.2 Å². The van der Waals surface area contributed by atoms with Gasteiger partial charge >= 0.3 is 6.01 Å². The van der Waals surface area contributed by atoms with Crippen LogP contribution in [0.15, 0.2) is 18.3 Å². The fourth-order valence-corrected chi connectivity index (χ4v) is 3.85. The lowest BCUT2D eigenvalue weighted by Gasteiger charge is -2.21. The number of anilines is 1. The molecule has 3 aromatic rings. The first-order chi connectivity index (χ1) is 14.2. The number of halogens is 1. The average Bonchev–Trinajstić information content (AvgIpc) is 3.14. The van der Waals surface area contributed by atoms with Gasteiger partial charge in [-0.25, -0.2) is 14.5 Å². The van der Waals surface area contributed by atoms with Gasteiger partial charge in [-0.05, 0) is 25.3 Å². The van der Waals surface area contributed by atoms with E-state index in [9.17, 15) is 4.39 Å². The Morgan fingerprint density at radius 3 is 2.79 bits per heavy atom. The van der Waals surface area contributed by atoms with Crippen molar-refractivity contribution in [3.63, 3.8) is 0 Å². The van der Waals surface area contributed by atoms with Gasteiger partial charge in [0.2, 0.25) is 5.95 Å². The lowest BCUT2D eigenvalue weighted by Crippen LogP contribution is -2.10. The molecule has 0 unspecified atom stereocenters. The minimum absolute atomic E-state index is 0.203. The van der Waals surface area contributed by atoms with Crippen LogP contribution in [0.4, 0.5) is 10.2 Å². The fourth-order valence-electron chi connectivity index (χ4n) is 3.85. The summed E-state index contributed by atoms with van der Waals surface area (Å²) in [5, 5.41) is 4.38. The Labute approximate surface area is 169 Å². The first kappa shape index (κ1) is 19.5. The van der Waals surface area contributed by atoms with Crippen LogP contribution in [0.2, 0.25) is 0 Å². The smallest absolute Gasteiger partial charge is 0.336 e. The fraction of sp³-hybridized carbons (Fsp3) is 0.524. The molecule has 154 valence electrons. The van der Waals surface area contributed by atoms with Gasteiger partial charge in [0.25, 0.3) is 0 Å². The molecule has 2 N–H and O–H groups in total. The molecule has 1 aliphatic rings. The molecule has 0 radical (unpaired) electrons. The quantitative estimate of drug-likeness (QED) is 0.477. The molecule has 8 heteroatoms. The molecule has 0 atom stereocenters. The average molecular weight is 398 g/mol. The number of nitrogens with zero attached hydrogens (tertiary/aromatic N) is 5. The third-order valence-electron chi connectivity index (χ3n) is 5.51. The van der Waals surface area contributed by atoms with Crippen LogP contribution in [0.5, 0.6) is 6.01 Å². The largest absolute Gasteiger partial charge is 0.462 e. The molecule has 1 saturated carbocycles. The molecule has 1 fully saturated rings. The Hall–Kier alpha value is -2.77. The van der Waals surface area contributed by atoms with Gasteiger partial charge in [0.05, 0.1) is 18.5 Å². The topological polar surface area (TPSA) is 91.2 Å². The summed E-state index contributed by atoms with van der Waals surface area (Å²) in [4.78, 5) is 12.7. The Morgan fingerprint density at radius 2 is 2.03 bits per heavy atom. The lowest BCUT2D eigenvalue weighted by molar-refractivity contribution is 0.280. The molecule has 0 aromatic carbocycles. The van der Waals surface area contributed by atoms with E-state index < -0.39 is 5.95 Å². The van der Waals surface area contributed by atoms with E-state index in [2.05, 4.69) is 27.0 Å². The molecule has 1 aliphatic carbocycles. The monoisotopic (exact) mass is 398 g/mol. The van der Waals surface area contributed by atoms with Crippen LogP contribution in [0.3, 0.4) is 0 Å². The van der Waals surface area contributed by atoms with Gasteiger partial charge in [0.1, 0.15) is 0 Å². The van der Waals surface area contributed by atoms with Gasteiger partial charge in [-0.2, -0.15) is 9.37 Å². The van der Waals surface area contributed by atoms with Gasteiger partial charge in [-0.15, -0.1) is 5.10 Å². The van der Waals surface area contributed by atoms with Crippen molar-refractivity contribution in [3.05, 3.63) is 41.2 Å². The highest BCUT2D eigenvalue weighted by molar-refractivity contribution is 5.59. The number of nitrogens with two attached hydrogens (primary N) is 1. The van der Waals surface area contributed by atoms with Crippen molar-refractivity contribution < 1.29 is 9.13 Å². The molecule has 3 heterocycles. The van der Waals surface area contributed by atoms with E-state index in [4.69, 9.17) is 10.5 Å². The zero-order valence-corrected chi connectivity index (χ0v) is 16.8. The van der Waals surface area contributed by atoms with Gasteiger partial charge in [0, 0.05) is 23.6 Å². The highest BCUT2D eigenvalue weighted by Gasteiger charge is 2.19.